The molecule has 0 fully saturated rings. The Morgan fingerprint density at radius 2 is 2.22 bits per heavy atom. The van der Waals surface area contributed by atoms with Crippen molar-refractivity contribution in [3.63, 3.8) is 0 Å². The first kappa shape index (κ1) is 13.9. The zero-order chi connectivity index (χ0) is 13.9. The summed E-state index contributed by atoms with van der Waals surface area (Å²) >= 11 is 0. The highest BCUT2D eigenvalue weighted by Crippen LogP contribution is 2.26. The number of hydrogen-bond donors (Lipinski definition) is 2. The minimum atomic E-state index is -0.712. The molecule has 0 saturated carbocycles. The molecular weight excluding hydrogens is 238 g/mol. The van der Waals surface area contributed by atoms with Gasteiger partial charge in [-0.3, -0.25) is 14.9 Å². The van der Waals surface area contributed by atoms with Crippen molar-refractivity contribution in [3.8, 4) is 5.75 Å². The smallest absolute Gasteiger partial charge is 0.310 e. The number of nitro groups is 1. The van der Waals surface area contributed by atoms with Gasteiger partial charge in [0.25, 0.3) is 5.91 Å². The highest BCUT2D eigenvalue weighted by molar-refractivity contribution is 5.95. The number of nitrogens with zero attached hydrogens (tertiary/aromatic N) is 2. The van der Waals surface area contributed by atoms with Crippen molar-refractivity contribution >= 4 is 11.6 Å². The van der Waals surface area contributed by atoms with Crippen molar-refractivity contribution in [2.24, 2.45) is 5.73 Å². The summed E-state index contributed by atoms with van der Waals surface area (Å²) in [6.07, 6.45) is 0. The Balaban J connectivity index is 3.01. The zero-order valence-electron chi connectivity index (χ0n) is 10.2. The summed E-state index contributed by atoms with van der Waals surface area (Å²) in [5.74, 6) is -0.877. The third-order valence-corrected chi connectivity index (χ3v) is 2.74. The lowest BCUT2D eigenvalue weighted by Gasteiger charge is -2.23. The number of phenols is 1. The molecule has 18 heavy (non-hydrogen) atoms. The quantitative estimate of drug-likeness (QED) is 0.606. The number of nitrogens with two attached hydrogens (primary N) is 1. The van der Waals surface area contributed by atoms with E-state index in [0.29, 0.717) is 6.54 Å². The molecule has 0 aliphatic carbocycles. The van der Waals surface area contributed by atoms with Gasteiger partial charge in [-0.05, 0) is 19.1 Å². The molecule has 0 aliphatic rings. The van der Waals surface area contributed by atoms with Crippen LogP contribution in [0.15, 0.2) is 18.2 Å². The summed E-state index contributed by atoms with van der Waals surface area (Å²) in [5, 5.41) is 20.0. The molecule has 1 amide bonds. The van der Waals surface area contributed by atoms with Gasteiger partial charge >= 0.3 is 5.69 Å². The van der Waals surface area contributed by atoms with Gasteiger partial charge < -0.3 is 15.7 Å². The molecule has 0 aliphatic heterocycles. The van der Waals surface area contributed by atoms with E-state index in [4.69, 9.17) is 5.73 Å². The summed E-state index contributed by atoms with van der Waals surface area (Å²) in [6.45, 7) is 2.09. The SMILES string of the molecule is CC(CN)N(C)C(=O)c1ccc([N+](=O)[O-])c(O)c1. The van der Waals surface area contributed by atoms with E-state index in [-0.39, 0.29) is 17.5 Å². The second kappa shape index (κ2) is 5.46. The molecule has 1 atom stereocenters. The number of rotatable bonds is 4. The van der Waals surface area contributed by atoms with E-state index in [1.165, 1.54) is 11.0 Å². The summed E-state index contributed by atoms with van der Waals surface area (Å²) < 4.78 is 0. The number of nitro benzene ring substituents is 1. The fraction of sp³-hybridized carbons (Fsp3) is 0.364. The molecular formula is C11H15N3O4. The third-order valence-electron chi connectivity index (χ3n) is 2.74. The highest BCUT2D eigenvalue weighted by atomic mass is 16.6. The van der Waals surface area contributed by atoms with E-state index in [1.807, 2.05) is 0 Å². The molecule has 0 radical (unpaired) electrons. The third kappa shape index (κ3) is 2.75. The lowest BCUT2D eigenvalue weighted by molar-refractivity contribution is -0.385. The van der Waals surface area contributed by atoms with Crippen LogP contribution in [0.2, 0.25) is 0 Å². The molecule has 0 spiro atoms. The fourth-order valence-electron chi connectivity index (χ4n) is 1.37. The molecule has 1 aromatic rings. The molecule has 1 unspecified atom stereocenters. The Labute approximate surface area is 104 Å². The number of aromatic hydroxyl groups is 1. The van der Waals surface area contributed by atoms with Gasteiger partial charge in [-0.2, -0.15) is 0 Å². The molecule has 7 heteroatoms. The summed E-state index contributed by atoms with van der Waals surface area (Å²) in [5.41, 5.74) is 5.20. The van der Waals surface area contributed by atoms with Crippen LogP contribution in [-0.4, -0.2) is 40.5 Å². The lowest BCUT2D eigenvalue weighted by atomic mass is 10.1. The van der Waals surface area contributed by atoms with Crippen LogP contribution in [0.3, 0.4) is 0 Å². The number of hydrogen-bond acceptors (Lipinski definition) is 5. The van der Waals surface area contributed by atoms with E-state index in [9.17, 15) is 20.0 Å². The molecule has 0 heterocycles. The summed E-state index contributed by atoms with van der Waals surface area (Å²) in [6, 6.07) is 3.33. The van der Waals surface area contributed by atoms with Crippen molar-refractivity contribution in [2.45, 2.75) is 13.0 Å². The van der Waals surface area contributed by atoms with E-state index < -0.39 is 16.4 Å². The van der Waals surface area contributed by atoms with Crippen LogP contribution in [0.5, 0.6) is 5.75 Å². The molecule has 0 bridgehead atoms. The van der Waals surface area contributed by atoms with Crippen LogP contribution >= 0.6 is 0 Å². The predicted octanol–water partition coefficient (Wildman–Crippen LogP) is 0.720. The van der Waals surface area contributed by atoms with Crippen LogP contribution in [0, 0.1) is 10.1 Å². The van der Waals surface area contributed by atoms with E-state index in [1.54, 1.807) is 14.0 Å². The number of likely N-dealkylation sites (N-methyl/N-ethyl adjacent to an activating group) is 1. The first-order valence-electron chi connectivity index (χ1n) is 5.33. The largest absolute Gasteiger partial charge is 0.502 e. The van der Waals surface area contributed by atoms with Crippen LogP contribution < -0.4 is 5.73 Å². The van der Waals surface area contributed by atoms with Crippen LogP contribution in [0.4, 0.5) is 5.69 Å². The fourth-order valence-corrected chi connectivity index (χ4v) is 1.37. The van der Waals surface area contributed by atoms with Crippen molar-refractivity contribution in [1.82, 2.24) is 4.90 Å². The van der Waals surface area contributed by atoms with Gasteiger partial charge in [-0.1, -0.05) is 0 Å². The van der Waals surface area contributed by atoms with E-state index in [0.717, 1.165) is 12.1 Å². The van der Waals surface area contributed by atoms with Gasteiger partial charge in [0.15, 0.2) is 5.75 Å². The van der Waals surface area contributed by atoms with Crippen LogP contribution in [-0.2, 0) is 0 Å². The highest BCUT2D eigenvalue weighted by Gasteiger charge is 2.20. The Hall–Kier alpha value is -2.15. The van der Waals surface area contributed by atoms with Gasteiger partial charge in [-0.25, -0.2) is 0 Å². The molecule has 7 nitrogen and oxygen atoms in total. The Morgan fingerprint density at radius 1 is 1.61 bits per heavy atom. The van der Waals surface area contributed by atoms with E-state index in [2.05, 4.69) is 0 Å². The summed E-state index contributed by atoms with van der Waals surface area (Å²) in [7, 11) is 1.58. The average Bonchev–Trinajstić information content (AvgIpc) is 2.35. The number of amides is 1. The maximum atomic E-state index is 12.0. The molecule has 98 valence electrons. The number of carbonyl (C=O) groups excluding carboxylic acids is 1. The van der Waals surface area contributed by atoms with Crippen molar-refractivity contribution in [3.05, 3.63) is 33.9 Å². The first-order chi connectivity index (χ1) is 8.38. The lowest BCUT2D eigenvalue weighted by Crippen LogP contribution is -2.39. The molecule has 1 aromatic carbocycles. The second-order valence-corrected chi connectivity index (χ2v) is 3.96. The van der Waals surface area contributed by atoms with Crippen molar-refractivity contribution in [1.29, 1.82) is 0 Å². The van der Waals surface area contributed by atoms with Crippen molar-refractivity contribution in [2.75, 3.05) is 13.6 Å². The topological polar surface area (TPSA) is 110 Å². The normalized spacial score (nSPS) is 11.9. The number of carbonyl (C=O) groups is 1. The number of benzene rings is 1. The molecule has 3 N–H and O–H groups in total. The average molecular weight is 253 g/mol. The summed E-state index contributed by atoms with van der Waals surface area (Å²) in [4.78, 5) is 23.2. The van der Waals surface area contributed by atoms with Gasteiger partial charge in [0.05, 0.1) is 4.92 Å². The Kier molecular flexibility index (Phi) is 4.22. The minimum Gasteiger partial charge on any atom is -0.502 e. The van der Waals surface area contributed by atoms with Gasteiger partial charge in [0, 0.05) is 31.3 Å². The number of phenolic OH excluding ortho intramolecular Hbond substituents is 1. The standard InChI is InChI=1S/C11H15N3O4/c1-7(6-12)13(2)11(16)8-3-4-9(14(17)18)10(15)5-8/h3-5,7,15H,6,12H2,1-2H3. The van der Waals surface area contributed by atoms with Gasteiger partial charge in [-0.15, -0.1) is 0 Å². The second-order valence-electron chi connectivity index (χ2n) is 3.96. The maximum Gasteiger partial charge on any atom is 0.310 e. The van der Waals surface area contributed by atoms with E-state index >= 15 is 0 Å². The predicted molar refractivity (Wildman–Crippen MR) is 65.4 cm³/mol. The molecule has 0 aromatic heterocycles. The maximum absolute atomic E-state index is 12.0. The first-order valence-corrected chi connectivity index (χ1v) is 5.33. The van der Waals surface area contributed by atoms with Crippen LogP contribution in [0.1, 0.15) is 17.3 Å². The van der Waals surface area contributed by atoms with Crippen molar-refractivity contribution < 1.29 is 14.8 Å². The Morgan fingerprint density at radius 3 is 2.67 bits per heavy atom. The molecule has 1 rings (SSSR count). The van der Waals surface area contributed by atoms with Gasteiger partial charge in [0.2, 0.25) is 0 Å². The monoisotopic (exact) mass is 253 g/mol. The minimum absolute atomic E-state index is 0.158. The zero-order valence-corrected chi connectivity index (χ0v) is 10.2. The van der Waals surface area contributed by atoms with Crippen LogP contribution in [0.25, 0.3) is 0 Å². The Bertz CT molecular complexity index is 475. The van der Waals surface area contributed by atoms with Gasteiger partial charge in [0.1, 0.15) is 0 Å². The molecule has 0 saturated heterocycles.